The molecule has 0 unspecified atom stereocenters. The van der Waals surface area contributed by atoms with E-state index < -0.39 is 0 Å². The fraction of sp³-hybridized carbons (Fsp3) is 0.312. The average Bonchev–Trinajstić information content (AvgIpc) is 2.94. The third-order valence-electron chi connectivity index (χ3n) is 3.82. The summed E-state index contributed by atoms with van der Waals surface area (Å²) >= 11 is 1.48. The number of aromatic nitrogens is 1. The number of carbonyl (C=O) groups excluding carboxylic acids is 1. The smallest absolute Gasteiger partial charge is 0.229 e. The summed E-state index contributed by atoms with van der Waals surface area (Å²) in [6.45, 7) is 0.522. The number of benzene rings is 1. The van der Waals surface area contributed by atoms with Crippen LogP contribution in [0.1, 0.15) is 34.9 Å². The molecule has 1 aromatic heterocycles. The van der Waals surface area contributed by atoms with Gasteiger partial charge in [-0.25, -0.2) is 4.98 Å². The van der Waals surface area contributed by atoms with E-state index in [-0.39, 0.29) is 17.8 Å². The zero-order chi connectivity index (χ0) is 16.2. The van der Waals surface area contributed by atoms with Crippen molar-refractivity contribution >= 4 is 28.3 Å². The molecule has 1 aliphatic carbocycles. The first-order chi connectivity index (χ1) is 11.1. The number of nitrogens with zero attached hydrogens (tertiary/aromatic N) is 1. The number of fused-ring (bicyclic) bond motifs is 1. The Bertz CT molecular complexity index is 713. The molecule has 0 spiro atoms. The molecule has 1 aromatic carbocycles. The lowest BCUT2D eigenvalue weighted by molar-refractivity contribution is -0.123. The minimum Gasteiger partial charge on any atom is -0.370 e. The summed E-state index contributed by atoms with van der Waals surface area (Å²) in [7, 11) is 0. The Labute approximate surface area is 138 Å². The Hall–Kier alpha value is -2.41. The van der Waals surface area contributed by atoms with Gasteiger partial charge < -0.3 is 16.4 Å². The molecule has 1 heterocycles. The molecule has 0 saturated heterocycles. The van der Waals surface area contributed by atoms with Gasteiger partial charge in [-0.2, -0.15) is 0 Å². The molecular weight excluding hydrogens is 310 g/mol. The molecule has 6 nitrogen and oxygen atoms in total. The number of guanidine groups is 1. The van der Waals surface area contributed by atoms with Crippen LogP contribution in [-0.4, -0.2) is 16.9 Å². The lowest BCUT2D eigenvalue weighted by Gasteiger charge is -2.20. The van der Waals surface area contributed by atoms with Gasteiger partial charge in [-0.3, -0.25) is 10.2 Å². The fourth-order valence-corrected chi connectivity index (χ4v) is 3.83. The van der Waals surface area contributed by atoms with Crippen LogP contribution >= 0.6 is 11.3 Å². The third kappa shape index (κ3) is 3.68. The number of nitrogens with two attached hydrogens (primary N) is 1. The highest BCUT2D eigenvalue weighted by Gasteiger charge is 2.30. The maximum atomic E-state index is 12.5. The second-order valence-corrected chi connectivity index (χ2v) is 6.60. The van der Waals surface area contributed by atoms with Crippen LogP contribution in [0.15, 0.2) is 30.3 Å². The number of rotatable bonds is 4. The zero-order valence-corrected chi connectivity index (χ0v) is 13.5. The maximum Gasteiger partial charge on any atom is 0.229 e. The first-order valence-electron chi connectivity index (χ1n) is 7.56. The molecule has 23 heavy (non-hydrogen) atoms. The minimum atomic E-state index is -0.221. The van der Waals surface area contributed by atoms with Gasteiger partial charge in [0.15, 0.2) is 11.1 Å². The van der Waals surface area contributed by atoms with Crippen molar-refractivity contribution in [3.05, 3.63) is 46.5 Å². The maximum absolute atomic E-state index is 12.5. The third-order valence-corrected chi connectivity index (χ3v) is 4.87. The van der Waals surface area contributed by atoms with Gasteiger partial charge in [-0.05, 0) is 24.8 Å². The average molecular weight is 329 g/mol. The van der Waals surface area contributed by atoms with Crippen LogP contribution in [0.25, 0.3) is 0 Å². The highest BCUT2D eigenvalue weighted by molar-refractivity contribution is 7.15. The van der Waals surface area contributed by atoms with Gasteiger partial charge in [0.25, 0.3) is 0 Å². The number of thiazole rings is 1. The second-order valence-electron chi connectivity index (χ2n) is 5.51. The minimum absolute atomic E-state index is 0.00878. The zero-order valence-electron chi connectivity index (χ0n) is 12.6. The predicted octanol–water partition coefficient (Wildman–Crippen LogP) is 2.18. The molecule has 7 heteroatoms. The van der Waals surface area contributed by atoms with E-state index in [0.717, 1.165) is 35.4 Å². The van der Waals surface area contributed by atoms with Crippen molar-refractivity contribution in [1.82, 2.24) is 10.3 Å². The van der Waals surface area contributed by atoms with Crippen molar-refractivity contribution < 1.29 is 4.79 Å². The second kappa shape index (κ2) is 6.78. The van der Waals surface area contributed by atoms with Crippen molar-refractivity contribution in [2.75, 3.05) is 5.32 Å². The van der Waals surface area contributed by atoms with Gasteiger partial charge in [0, 0.05) is 11.4 Å². The Morgan fingerprint density at radius 1 is 1.39 bits per heavy atom. The number of hydrogen-bond donors (Lipinski definition) is 4. The van der Waals surface area contributed by atoms with E-state index in [1.165, 1.54) is 11.3 Å². The summed E-state index contributed by atoms with van der Waals surface area (Å²) in [5.74, 6) is -0.350. The first-order valence-corrected chi connectivity index (χ1v) is 8.37. The number of anilines is 1. The molecule has 1 aliphatic rings. The van der Waals surface area contributed by atoms with Crippen LogP contribution in [0, 0.1) is 5.41 Å². The molecule has 2 aromatic rings. The van der Waals surface area contributed by atoms with Crippen LogP contribution in [-0.2, 0) is 17.8 Å². The van der Waals surface area contributed by atoms with Crippen molar-refractivity contribution in [3.63, 3.8) is 0 Å². The van der Waals surface area contributed by atoms with Crippen molar-refractivity contribution in [2.45, 2.75) is 31.7 Å². The topological polar surface area (TPSA) is 104 Å². The SMILES string of the molecule is N=C(N)Nc1nc2c(s1)CCC[C@@H]2C(=O)NCc1ccccc1. The van der Waals surface area contributed by atoms with E-state index in [1.807, 2.05) is 30.3 Å². The molecule has 0 bridgehead atoms. The summed E-state index contributed by atoms with van der Waals surface area (Å²) in [5.41, 5.74) is 7.26. The van der Waals surface area contributed by atoms with Crippen molar-refractivity contribution in [2.24, 2.45) is 5.73 Å². The lowest BCUT2D eigenvalue weighted by atomic mass is 9.90. The summed E-state index contributed by atoms with van der Waals surface area (Å²) in [6.07, 6.45) is 2.70. The summed E-state index contributed by atoms with van der Waals surface area (Å²) < 4.78 is 0. The molecule has 0 saturated carbocycles. The van der Waals surface area contributed by atoms with E-state index in [0.29, 0.717) is 11.7 Å². The van der Waals surface area contributed by atoms with Gasteiger partial charge in [0.05, 0.1) is 11.6 Å². The molecule has 3 rings (SSSR count). The standard InChI is InChI=1S/C16H19N5OS/c17-15(18)21-16-20-13-11(7-4-8-12(13)23-16)14(22)19-9-10-5-2-1-3-6-10/h1-3,5-6,11H,4,7-9H2,(H,19,22)(H4,17,18,20,21)/t11-/m0/s1. The van der Waals surface area contributed by atoms with Gasteiger partial charge >= 0.3 is 0 Å². The normalized spacial score (nSPS) is 16.4. The van der Waals surface area contributed by atoms with E-state index in [9.17, 15) is 4.79 Å². The van der Waals surface area contributed by atoms with Gasteiger partial charge in [0.2, 0.25) is 5.91 Å². The Kier molecular flexibility index (Phi) is 4.57. The number of aryl methyl sites for hydroxylation is 1. The van der Waals surface area contributed by atoms with Crippen molar-refractivity contribution in [1.29, 1.82) is 5.41 Å². The Morgan fingerprint density at radius 2 is 2.17 bits per heavy atom. The highest BCUT2D eigenvalue weighted by atomic mass is 32.1. The van der Waals surface area contributed by atoms with Crippen LogP contribution < -0.4 is 16.4 Å². The van der Waals surface area contributed by atoms with Gasteiger partial charge in [0.1, 0.15) is 0 Å². The summed E-state index contributed by atoms with van der Waals surface area (Å²) in [4.78, 5) is 18.1. The first kappa shape index (κ1) is 15.5. The van der Waals surface area contributed by atoms with Crippen LogP contribution in [0.3, 0.4) is 0 Å². The number of nitrogens with one attached hydrogen (secondary N) is 3. The molecule has 120 valence electrons. The fourth-order valence-electron chi connectivity index (χ4n) is 2.75. The molecule has 0 fully saturated rings. The largest absolute Gasteiger partial charge is 0.370 e. The van der Waals surface area contributed by atoms with Gasteiger partial charge in [-0.1, -0.05) is 30.3 Å². The molecular formula is C16H19N5OS. The monoisotopic (exact) mass is 329 g/mol. The number of carbonyl (C=O) groups is 1. The quantitative estimate of drug-likeness (QED) is 0.510. The van der Waals surface area contributed by atoms with E-state index in [4.69, 9.17) is 11.1 Å². The molecule has 5 N–H and O–H groups in total. The van der Waals surface area contributed by atoms with Crippen LogP contribution in [0.2, 0.25) is 0 Å². The predicted molar refractivity (Wildman–Crippen MR) is 91.6 cm³/mol. The summed E-state index contributed by atoms with van der Waals surface area (Å²) in [5, 5.41) is 13.6. The lowest BCUT2D eigenvalue weighted by Crippen LogP contribution is -2.31. The van der Waals surface area contributed by atoms with Crippen LogP contribution in [0.4, 0.5) is 5.13 Å². The Balaban J connectivity index is 1.70. The number of hydrogen-bond acceptors (Lipinski definition) is 4. The van der Waals surface area contributed by atoms with Crippen molar-refractivity contribution in [3.8, 4) is 0 Å². The summed E-state index contributed by atoms with van der Waals surface area (Å²) in [6, 6.07) is 9.85. The Morgan fingerprint density at radius 3 is 2.91 bits per heavy atom. The highest BCUT2D eigenvalue weighted by Crippen LogP contribution is 2.36. The molecule has 0 aliphatic heterocycles. The molecule has 1 amide bonds. The van der Waals surface area contributed by atoms with Crippen LogP contribution in [0.5, 0.6) is 0 Å². The molecule has 0 radical (unpaired) electrons. The van der Waals surface area contributed by atoms with E-state index in [2.05, 4.69) is 15.6 Å². The number of amides is 1. The molecule has 1 atom stereocenters. The van der Waals surface area contributed by atoms with E-state index in [1.54, 1.807) is 0 Å². The van der Waals surface area contributed by atoms with Gasteiger partial charge in [-0.15, -0.1) is 11.3 Å². The van der Waals surface area contributed by atoms with E-state index >= 15 is 0 Å².